The molecule has 0 radical (unpaired) electrons. The summed E-state index contributed by atoms with van der Waals surface area (Å²) in [6, 6.07) is 4.41. The number of carbonyl (C=O) groups excluding carboxylic acids is 1. The maximum absolute atomic E-state index is 11.9. The molecule has 0 spiro atoms. The van der Waals surface area contributed by atoms with Crippen molar-refractivity contribution in [1.29, 1.82) is 0 Å². The smallest absolute Gasteiger partial charge is 0.240 e. The Morgan fingerprint density at radius 3 is 2.43 bits per heavy atom. The first-order chi connectivity index (χ1) is 9.79. The average Bonchev–Trinajstić information content (AvgIpc) is 2.40. The maximum Gasteiger partial charge on any atom is 0.240 e. The van der Waals surface area contributed by atoms with Gasteiger partial charge in [-0.1, -0.05) is 0 Å². The van der Waals surface area contributed by atoms with Crippen LogP contribution in [0.25, 0.3) is 0 Å². The first-order valence-electron chi connectivity index (χ1n) is 6.73. The fourth-order valence-electron chi connectivity index (χ4n) is 1.96. The van der Waals surface area contributed by atoms with Gasteiger partial charge < -0.3 is 16.0 Å². The van der Waals surface area contributed by atoms with Crippen LogP contribution < -0.4 is 16.2 Å². The lowest BCUT2D eigenvalue weighted by Crippen LogP contribution is -2.31. The minimum atomic E-state index is -3.87. The molecule has 1 rings (SSSR count). The number of nitrogens with one attached hydrogen (secondary N) is 1. The van der Waals surface area contributed by atoms with Crippen LogP contribution in [0, 0.1) is 0 Å². The van der Waals surface area contributed by atoms with Crippen molar-refractivity contribution in [3.63, 3.8) is 0 Å². The van der Waals surface area contributed by atoms with Crippen LogP contribution in [0.1, 0.15) is 20.3 Å². The molecule has 1 amide bonds. The Balaban J connectivity index is 2.75. The Hall–Kier alpha value is -1.80. The number of nitrogens with two attached hydrogens (primary N) is 2. The Morgan fingerprint density at radius 1 is 1.29 bits per heavy atom. The lowest BCUT2D eigenvalue weighted by molar-refractivity contribution is -0.130. The van der Waals surface area contributed by atoms with E-state index in [4.69, 9.17) is 10.9 Å². The predicted octanol–water partition coefficient (Wildman–Crippen LogP) is 0.587. The van der Waals surface area contributed by atoms with E-state index in [-0.39, 0.29) is 17.2 Å². The Morgan fingerprint density at radius 2 is 1.90 bits per heavy atom. The van der Waals surface area contributed by atoms with Crippen molar-refractivity contribution in [2.45, 2.75) is 25.2 Å². The molecule has 0 saturated heterocycles. The van der Waals surface area contributed by atoms with Crippen LogP contribution in [0.15, 0.2) is 23.1 Å². The van der Waals surface area contributed by atoms with E-state index in [9.17, 15) is 13.2 Å². The molecule has 0 aromatic heterocycles. The summed E-state index contributed by atoms with van der Waals surface area (Å²) >= 11 is 0. The van der Waals surface area contributed by atoms with Gasteiger partial charge in [0.1, 0.15) is 4.90 Å². The van der Waals surface area contributed by atoms with E-state index < -0.39 is 10.0 Å². The van der Waals surface area contributed by atoms with Gasteiger partial charge in [0.25, 0.3) is 0 Å². The molecular weight excluding hydrogens is 292 g/mol. The third kappa shape index (κ3) is 4.91. The molecule has 0 fully saturated rings. The molecule has 1 aromatic carbocycles. The number of amides is 1. The molecule has 7 nitrogen and oxygen atoms in total. The Kier molecular flexibility index (Phi) is 5.98. The topological polar surface area (TPSA) is 119 Å². The molecule has 0 aliphatic rings. The van der Waals surface area contributed by atoms with Crippen molar-refractivity contribution in [2.75, 3.05) is 30.7 Å². The summed E-state index contributed by atoms with van der Waals surface area (Å²) in [5, 5.41) is 8.07. The number of hydrogen-bond donors (Lipinski definition) is 3. The van der Waals surface area contributed by atoms with E-state index in [0.717, 1.165) is 0 Å². The molecule has 0 saturated carbocycles. The van der Waals surface area contributed by atoms with Gasteiger partial charge in [-0.25, -0.2) is 13.6 Å². The molecule has 0 heterocycles. The van der Waals surface area contributed by atoms with Crippen LogP contribution in [-0.4, -0.2) is 38.9 Å². The SMILES string of the molecule is CCN(CC)C(=O)CCNc1ccc(N)cc1S(N)(=O)=O. The van der Waals surface area contributed by atoms with Crippen LogP contribution in [0.3, 0.4) is 0 Å². The van der Waals surface area contributed by atoms with E-state index in [0.29, 0.717) is 31.0 Å². The molecular formula is C13H22N4O3S. The van der Waals surface area contributed by atoms with Crippen molar-refractivity contribution >= 4 is 27.3 Å². The highest BCUT2D eigenvalue weighted by atomic mass is 32.2. The maximum atomic E-state index is 11.9. The quantitative estimate of drug-likeness (QED) is 0.636. The van der Waals surface area contributed by atoms with Crippen molar-refractivity contribution in [2.24, 2.45) is 5.14 Å². The lowest BCUT2D eigenvalue weighted by Gasteiger charge is -2.19. The van der Waals surface area contributed by atoms with Gasteiger partial charge in [0.15, 0.2) is 0 Å². The van der Waals surface area contributed by atoms with Crippen LogP contribution in [-0.2, 0) is 14.8 Å². The van der Waals surface area contributed by atoms with Crippen molar-refractivity contribution in [3.05, 3.63) is 18.2 Å². The minimum Gasteiger partial charge on any atom is -0.399 e. The predicted molar refractivity (Wildman–Crippen MR) is 83.3 cm³/mol. The van der Waals surface area contributed by atoms with Crippen molar-refractivity contribution in [1.82, 2.24) is 4.90 Å². The zero-order valence-corrected chi connectivity index (χ0v) is 13.1. The molecule has 8 heteroatoms. The monoisotopic (exact) mass is 314 g/mol. The molecule has 1 aromatic rings. The number of anilines is 2. The average molecular weight is 314 g/mol. The minimum absolute atomic E-state index is 0.0140. The summed E-state index contributed by atoms with van der Waals surface area (Å²) in [5.41, 5.74) is 6.22. The number of benzene rings is 1. The lowest BCUT2D eigenvalue weighted by atomic mass is 10.2. The summed E-state index contributed by atoms with van der Waals surface area (Å²) in [5.74, 6) is 0.0140. The van der Waals surface area contributed by atoms with E-state index in [1.165, 1.54) is 12.1 Å². The number of hydrogen-bond acceptors (Lipinski definition) is 5. The number of carbonyl (C=O) groups is 1. The highest BCUT2D eigenvalue weighted by molar-refractivity contribution is 7.89. The van der Waals surface area contributed by atoms with Gasteiger partial charge in [-0.3, -0.25) is 4.79 Å². The van der Waals surface area contributed by atoms with Gasteiger partial charge in [0.2, 0.25) is 15.9 Å². The number of nitrogen functional groups attached to an aromatic ring is 1. The zero-order valence-electron chi connectivity index (χ0n) is 12.3. The summed E-state index contributed by atoms with van der Waals surface area (Å²) in [6.07, 6.45) is 0.274. The first kappa shape index (κ1) is 17.3. The largest absolute Gasteiger partial charge is 0.399 e. The second-order valence-electron chi connectivity index (χ2n) is 4.54. The van der Waals surface area contributed by atoms with Crippen LogP contribution in [0.2, 0.25) is 0 Å². The molecule has 5 N–H and O–H groups in total. The van der Waals surface area contributed by atoms with E-state index in [2.05, 4.69) is 5.32 Å². The van der Waals surface area contributed by atoms with Gasteiger partial charge in [-0.2, -0.15) is 0 Å². The van der Waals surface area contributed by atoms with Gasteiger partial charge in [0.05, 0.1) is 5.69 Å². The van der Waals surface area contributed by atoms with Gasteiger partial charge >= 0.3 is 0 Å². The Bertz CT molecular complexity index is 597. The van der Waals surface area contributed by atoms with Gasteiger partial charge in [-0.15, -0.1) is 0 Å². The van der Waals surface area contributed by atoms with Crippen molar-refractivity contribution < 1.29 is 13.2 Å². The van der Waals surface area contributed by atoms with Gasteiger partial charge in [0, 0.05) is 31.7 Å². The normalized spacial score (nSPS) is 11.2. The molecule has 0 aliphatic carbocycles. The second-order valence-corrected chi connectivity index (χ2v) is 6.07. The number of nitrogens with zero attached hydrogens (tertiary/aromatic N) is 1. The Labute approximate surface area is 125 Å². The molecule has 118 valence electrons. The van der Waals surface area contributed by atoms with E-state index >= 15 is 0 Å². The molecule has 0 unspecified atom stereocenters. The van der Waals surface area contributed by atoms with Crippen LogP contribution >= 0.6 is 0 Å². The van der Waals surface area contributed by atoms with Crippen LogP contribution in [0.5, 0.6) is 0 Å². The van der Waals surface area contributed by atoms with Crippen LogP contribution in [0.4, 0.5) is 11.4 Å². The molecule has 0 aliphatic heterocycles. The molecule has 0 bridgehead atoms. The summed E-state index contributed by atoms with van der Waals surface area (Å²) in [7, 11) is -3.87. The second kappa shape index (κ2) is 7.28. The number of primary sulfonamides is 1. The summed E-state index contributed by atoms with van der Waals surface area (Å²) < 4.78 is 23.0. The van der Waals surface area contributed by atoms with E-state index in [1.54, 1.807) is 11.0 Å². The summed E-state index contributed by atoms with van der Waals surface area (Å²) in [4.78, 5) is 13.5. The van der Waals surface area contributed by atoms with Crippen molar-refractivity contribution in [3.8, 4) is 0 Å². The standard InChI is InChI=1S/C13H22N4O3S/c1-3-17(4-2)13(18)7-8-16-11-6-5-10(14)9-12(11)21(15,19)20/h5-6,9,16H,3-4,7-8,14H2,1-2H3,(H2,15,19,20). The highest BCUT2D eigenvalue weighted by Crippen LogP contribution is 2.22. The fourth-order valence-corrected chi connectivity index (χ4v) is 2.71. The van der Waals surface area contributed by atoms with Gasteiger partial charge in [-0.05, 0) is 32.0 Å². The zero-order chi connectivity index (χ0) is 16.0. The third-order valence-electron chi connectivity index (χ3n) is 3.08. The summed E-state index contributed by atoms with van der Waals surface area (Å²) in [6.45, 7) is 5.45. The fraction of sp³-hybridized carbons (Fsp3) is 0.462. The highest BCUT2D eigenvalue weighted by Gasteiger charge is 2.15. The molecule has 0 atom stereocenters. The molecule has 21 heavy (non-hydrogen) atoms. The van der Waals surface area contributed by atoms with E-state index in [1.807, 2.05) is 13.8 Å². The third-order valence-corrected chi connectivity index (χ3v) is 4.03. The first-order valence-corrected chi connectivity index (χ1v) is 8.28. The number of rotatable bonds is 7. The number of sulfonamides is 1.